The Hall–Kier alpha value is -1.91. The lowest BCUT2D eigenvalue weighted by Crippen LogP contribution is -2.32. The molecule has 11 heteroatoms. The van der Waals surface area contributed by atoms with Gasteiger partial charge in [0.05, 0.1) is 82.4 Å². The first-order valence-electron chi connectivity index (χ1n) is 12.2. The maximum Gasteiger partial charge on any atom is 0.227 e. The molecule has 0 spiro atoms. The monoisotopic (exact) mass is 586 g/mol. The number of fused-ring (bicyclic) bond motifs is 1. The quantitative estimate of drug-likeness (QED) is 0.269. The number of aromatic nitrogens is 2. The van der Waals surface area contributed by atoms with Crippen molar-refractivity contribution >= 4 is 45.7 Å². The molecule has 0 saturated heterocycles. The van der Waals surface area contributed by atoms with Gasteiger partial charge in [0.1, 0.15) is 5.39 Å². The van der Waals surface area contributed by atoms with Crippen molar-refractivity contribution in [3.05, 3.63) is 61.4 Å². The molecule has 2 N–H and O–H groups in total. The number of para-hydroxylation sites is 1. The van der Waals surface area contributed by atoms with E-state index in [-0.39, 0.29) is 47.3 Å². The average molecular weight is 588 g/mol. The molecule has 0 fully saturated rings. The van der Waals surface area contributed by atoms with Crippen molar-refractivity contribution in [2.75, 3.05) is 26.4 Å². The van der Waals surface area contributed by atoms with E-state index in [4.69, 9.17) is 54.1 Å². The second-order valence-corrected chi connectivity index (χ2v) is 11.2. The summed E-state index contributed by atoms with van der Waals surface area (Å²) in [6.45, 7) is 8.27. The van der Waals surface area contributed by atoms with Crippen LogP contribution in [0.4, 0.5) is 0 Å². The van der Waals surface area contributed by atoms with Crippen LogP contribution in [-0.2, 0) is 16.1 Å². The number of hydrogen-bond donors (Lipinski definition) is 2. The van der Waals surface area contributed by atoms with Gasteiger partial charge in [-0.15, -0.1) is 0 Å². The van der Waals surface area contributed by atoms with Crippen LogP contribution in [0.25, 0.3) is 16.6 Å². The van der Waals surface area contributed by atoms with Crippen molar-refractivity contribution in [1.29, 1.82) is 0 Å². The molecule has 2 heterocycles. The van der Waals surface area contributed by atoms with Crippen LogP contribution in [0.2, 0.25) is 15.1 Å². The largest absolute Gasteiger partial charge is 0.477 e. The summed E-state index contributed by atoms with van der Waals surface area (Å²) in [4.78, 5) is 17.4. The average Bonchev–Trinajstić information content (AvgIpc) is 2.84. The molecule has 0 aliphatic heterocycles. The van der Waals surface area contributed by atoms with E-state index in [1.54, 1.807) is 22.8 Å². The van der Waals surface area contributed by atoms with E-state index in [0.29, 0.717) is 35.2 Å². The molecule has 0 unspecified atom stereocenters. The summed E-state index contributed by atoms with van der Waals surface area (Å²) in [7, 11) is 0. The molecule has 3 aromatic rings. The minimum atomic E-state index is -0.523. The first-order chi connectivity index (χ1) is 17.9. The Labute approximate surface area is 237 Å². The number of ether oxygens (including phenoxy) is 3. The Bertz CT molecular complexity index is 1310. The van der Waals surface area contributed by atoms with E-state index >= 15 is 0 Å². The maximum atomic E-state index is 13.1. The van der Waals surface area contributed by atoms with Crippen LogP contribution in [0, 0.1) is 0 Å². The summed E-state index contributed by atoms with van der Waals surface area (Å²) < 4.78 is 19.2. The number of pyridine rings is 2. The zero-order valence-electron chi connectivity index (χ0n) is 21.9. The van der Waals surface area contributed by atoms with E-state index in [9.17, 15) is 9.90 Å². The van der Waals surface area contributed by atoms with Gasteiger partial charge in [0.15, 0.2) is 5.43 Å². The second kappa shape index (κ2) is 13.0. The number of aliphatic hydroxyl groups excluding tert-OH is 2. The highest BCUT2D eigenvalue weighted by molar-refractivity contribution is 6.38. The lowest BCUT2D eigenvalue weighted by Gasteiger charge is -2.29. The third-order valence-electron chi connectivity index (χ3n) is 6.07. The zero-order valence-corrected chi connectivity index (χ0v) is 24.2. The Morgan fingerprint density at radius 1 is 0.921 bits per heavy atom. The van der Waals surface area contributed by atoms with Crippen molar-refractivity contribution in [3.63, 3.8) is 0 Å². The Morgan fingerprint density at radius 2 is 1.53 bits per heavy atom. The van der Waals surface area contributed by atoms with Gasteiger partial charge in [0.2, 0.25) is 5.88 Å². The number of rotatable bonds is 13. The van der Waals surface area contributed by atoms with Gasteiger partial charge in [-0.25, -0.2) is 4.98 Å². The third kappa shape index (κ3) is 7.39. The molecule has 208 valence electrons. The summed E-state index contributed by atoms with van der Waals surface area (Å²) in [5, 5.41) is 20.0. The van der Waals surface area contributed by atoms with Crippen molar-refractivity contribution in [3.8, 4) is 11.6 Å². The van der Waals surface area contributed by atoms with Gasteiger partial charge in [-0.2, -0.15) is 0 Å². The molecule has 1 aromatic carbocycles. The number of hydrogen-bond acceptors (Lipinski definition) is 7. The minimum Gasteiger partial charge on any atom is -0.477 e. The van der Waals surface area contributed by atoms with Gasteiger partial charge < -0.3 is 29.0 Å². The fraction of sp³-hybridized carbons (Fsp3) is 0.481. The maximum absolute atomic E-state index is 13.1. The summed E-state index contributed by atoms with van der Waals surface area (Å²) in [6, 6.07) is 6.30. The lowest BCUT2D eigenvalue weighted by molar-refractivity contribution is -0.0821. The zero-order chi connectivity index (χ0) is 28.1. The first-order valence-corrected chi connectivity index (χ1v) is 13.3. The SMILES string of the molecule is CC(C)(CCOc1ncc(Cl)c2c1c(=O)cc(CO)n2-c1c(Cl)cccc1Cl)OCCC(C)(C)OCCO. The standard InChI is InChI=1S/C27H33Cl3N2O6/c1-26(2,37-12-9-27(3,4)38-13-10-33)8-11-36-25-22-21(35)14-17(16-34)32(24(22)20(30)15-31-25)23-18(28)6-5-7-19(23)29/h5-7,14-15,33-34H,8-13,16H2,1-4H3. The number of aliphatic hydroxyl groups is 2. The number of nitrogens with zero attached hydrogens (tertiary/aromatic N) is 2. The Morgan fingerprint density at radius 3 is 2.13 bits per heavy atom. The number of benzene rings is 1. The van der Waals surface area contributed by atoms with Crippen LogP contribution in [-0.4, -0.2) is 57.4 Å². The molecule has 3 rings (SSSR count). The smallest absolute Gasteiger partial charge is 0.227 e. The molecular weight excluding hydrogens is 555 g/mol. The van der Waals surface area contributed by atoms with E-state index in [2.05, 4.69) is 4.98 Å². The molecule has 0 amide bonds. The van der Waals surface area contributed by atoms with Gasteiger partial charge >= 0.3 is 0 Å². The van der Waals surface area contributed by atoms with Gasteiger partial charge in [-0.1, -0.05) is 40.9 Å². The molecule has 0 bridgehead atoms. The topological polar surface area (TPSA) is 103 Å². The Balaban J connectivity index is 1.86. The van der Waals surface area contributed by atoms with E-state index in [1.165, 1.54) is 12.3 Å². The van der Waals surface area contributed by atoms with E-state index < -0.39 is 23.2 Å². The first kappa shape index (κ1) is 30.6. The summed E-state index contributed by atoms with van der Waals surface area (Å²) in [6.07, 6.45) is 2.55. The van der Waals surface area contributed by atoms with Crippen LogP contribution in [0.3, 0.4) is 0 Å². The highest BCUT2D eigenvalue weighted by Gasteiger charge is 2.24. The van der Waals surface area contributed by atoms with Gasteiger partial charge in [-0.05, 0) is 46.2 Å². The van der Waals surface area contributed by atoms with Crippen LogP contribution in [0.15, 0.2) is 35.3 Å². The molecule has 0 atom stereocenters. The molecule has 8 nitrogen and oxygen atoms in total. The normalized spacial score (nSPS) is 12.3. The van der Waals surface area contributed by atoms with Crippen molar-refractivity contribution in [2.24, 2.45) is 0 Å². The van der Waals surface area contributed by atoms with E-state index in [0.717, 1.165) is 0 Å². The van der Waals surface area contributed by atoms with Gasteiger partial charge in [0, 0.05) is 12.5 Å². The Kier molecular flexibility index (Phi) is 10.4. The van der Waals surface area contributed by atoms with Crippen LogP contribution in [0.5, 0.6) is 5.88 Å². The fourth-order valence-electron chi connectivity index (χ4n) is 3.95. The molecule has 38 heavy (non-hydrogen) atoms. The highest BCUT2D eigenvalue weighted by Crippen LogP contribution is 2.36. The van der Waals surface area contributed by atoms with Gasteiger partial charge in [0.25, 0.3) is 0 Å². The van der Waals surface area contributed by atoms with E-state index in [1.807, 2.05) is 27.7 Å². The molecular formula is C27H33Cl3N2O6. The minimum absolute atomic E-state index is 0.0294. The third-order valence-corrected chi connectivity index (χ3v) is 6.96. The van der Waals surface area contributed by atoms with Crippen LogP contribution < -0.4 is 10.2 Å². The van der Waals surface area contributed by atoms with Crippen molar-refractivity contribution < 1.29 is 24.4 Å². The summed E-state index contributed by atoms with van der Waals surface area (Å²) >= 11 is 19.5. The van der Waals surface area contributed by atoms with Crippen LogP contribution >= 0.6 is 34.8 Å². The van der Waals surface area contributed by atoms with Crippen molar-refractivity contribution in [2.45, 2.75) is 58.3 Å². The molecule has 0 aliphatic carbocycles. The number of halogens is 3. The second-order valence-electron chi connectivity index (χ2n) is 9.99. The van der Waals surface area contributed by atoms with Gasteiger partial charge in [-0.3, -0.25) is 4.79 Å². The predicted molar refractivity (Wildman–Crippen MR) is 150 cm³/mol. The predicted octanol–water partition coefficient (Wildman–Crippen LogP) is 5.58. The summed E-state index contributed by atoms with van der Waals surface area (Å²) in [5.41, 5.74) is -0.427. The molecule has 0 aliphatic rings. The molecule has 2 aromatic heterocycles. The highest BCUT2D eigenvalue weighted by atomic mass is 35.5. The van der Waals surface area contributed by atoms with Crippen LogP contribution in [0.1, 0.15) is 46.2 Å². The fourth-order valence-corrected chi connectivity index (χ4v) is 4.75. The van der Waals surface area contributed by atoms with Crippen molar-refractivity contribution in [1.82, 2.24) is 9.55 Å². The summed E-state index contributed by atoms with van der Waals surface area (Å²) in [5.74, 6) is 0.102. The lowest BCUT2D eigenvalue weighted by atomic mass is 10.0. The molecule has 0 radical (unpaired) electrons. The molecule has 0 saturated carbocycles.